The van der Waals surface area contributed by atoms with Crippen molar-refractivity contribution in [3.05, 3.63) is 36.3 Å². The van der Waals surface area contributed by atoms with Crippen LogP contribution in [0.15, 0.2) is 30.7 Å². The van der Waals surface area contributed by atoms with E-state index in [4.69, 9.17) is 29.2 Å². The van der Waals surface area contributed by atoms with Crippen molar-refractivity contribution in [2.75, 3.05) is 52.4 Å². The Morgan fingerprint density at radius 2 is 2.11 bits per heavy atom. The molecule has 0 saturated carbocycles. The standard InChI is InChI=1S/C25H31N7O5/c1-4-35-25(33)24(31(2)3)37-12-11-36-20-13-19-23(30-22(20)29-18-7-9-34-10-8-18)32(16-28-19)21-6-5-17(14-26)15-27-21/h5-6,13,15-16,18,24H,4,7-12H2,1-3H3,(H,29,30). The van der Waals surface area contributed by atoms with E-state index in [1.807, 2.05) is 6.07 Å². The van der Waals surface area contributed by atoms with Crippen LogP contribution in [0.5, 0.6) is 5.75 Å². The van der Waals surface area contributed by atoms with Crippen molar-refractivity contribution in [2.45, 2.75) is 32.0 Å². The highest BCUT2D eigenvalue weighted by molar-refractivity contribution is 5.78. The van der Waals surface area contributed by atoms with Gasteiger partial charge in [0.15, 0.2) is 17.2 Å². The number of anilines is 1. The number of imidazole rings is 1. The van der Waals surface area contributed by atoms with E-state index < -0.39 is 12.2 Å². The fraction of sp³-hybridized carbons (Fsp3) is 0.480. The molecular weight excluding hydrogens is 478 g/mol. The zero-order chi connectivity index (χ0) is 26.2. The third-order valence-corrected chi connectivity index (χ3v) is 5.75. The van der Waals surface area contributed by atoms with Gasteiger partial charge in [-0.2, -0.15) is 5.26 Å². The van der Waals surface area contributed by atoms with Gasteiger partial charge in [-0.1, -0.05) is 0 Å². The van der Waals surface area contributed by atoms with E-state index >= 15 is 0 Å². The van der Waals surface area contributed by atoms with Crippen LogP contribution in [0.2, 0.25) is 0 Å². The Hall–Kier alpha value is -3.79. The molecule has 4 rings (SSSR count). The Morgan fingerprint density at radius 1 is 1.30 bits per heavy atom. The largest absolute Gasteiger partial charge is 0.487 e. The number of ether oxygens (including phenoxy) is 4. The third-order valence-electron chi connectivity index (χ3n) is 5.75. The minimum atomic E-state index is -0.820. The summed E-state index contributed by atoms with van der Waals surface area (Å²) < 4.78 is 24.1. The number of likely N-dealkylation sites (N-methyl/N-ethyl adjacent to an activating group) is 1. The van der Waals surface area contributed by atoms with Gasteiger partial charge in [0.1, 0.15) is 30.3 Å². The number of hydrogen-bond acceptors (Lipinski definition) is 11. The molecule has 1 saturated heterocycles. The van der Waals surface area contributed by atoms with E-state index in [1.165, 1.54) is 6.20 Å². The van der Waals surface area contributed by atoms with Crippen LogP contribution < -0.4 is 10.1 Å². The van der Waals surface area contributed by atoms with Crippen molar-refractivity contribution >= 4 is 23.0 Å². The molecule has 1 atom stereocenters. The summed E-state index contributed by atoms with van der Waals surface area (Å²) in [7, 11) is 3.49. The summed E-state index contributed by atoms with van der Waals surface area (Å²) in [6.07, 6.45) is 4.03. The number of carbonyl (C=O) groups excluding carboxylic acids is 1. The smallest absolute Gasteiger partial charge is 0.350 e. The zero-order valence-corrected chi connectivity index (χ0v) is 21.2. The van der Waals surface area contributed by atoms with Gasteiger partial charge in [0, 0.05) is 31.5 Å². The molecular formula is C25H31N7O5. The first-order valence-corrected chi connectivity index (χ1v) is 12.2. The molecule has 0 aromatic carbocycles. The van der Waals surface area contributed by atoms with Gasteiger partial charge in [0.2, 0.25) is 6.23 Å². The molecule has 1 aliphatic heterocycles. The van der Waals surface area contributed by atoms with E-state index in [0.29, 0.717) is 47.3 Å². The topological polar surface area (TPSA) is 137 Å². The average Bonchev–Trinajstić information content (AvgIpc) is 3.31. The van der Waals surface area contributed by atoms with E-state index in [0.717, 1.165) is 12.8 Å². The minimum Gasteiger partial charge on any atom is -0.487 e. The van der Waals surface area contributed by atoms with Gasteiger partial charge in [0.05, 0.1) is 18.8 Å². The van der Waals surface area contributed by atoms with Gasteiger partial charge in [-0.05, 0) is 46.0 Å². The lowest BCUT2D eigenvalue weighted by molar-refractivity contribution is -0.168. The molecule has 0 bridgehead atoms. The number of hydrogen-bond donors (Lipinski definition) is 1. The predicted molar refractivity (Wildman–Crippen MR) is 134 cm³/mol. The number of nitriles is 1. The molecule has 1 unspecified atom stereocenters. The SMILES string of the molecule is CCOC(=O)C(OCCOc1cc2ncn(-c3ccc(C#N)cn3)c2nc1NC1CCOCC1)N(C)C. The summed E-state index contributed by atoms with van der Waals surface area (Å²) in [4.78, 5) is 27.5. The van der Waals surface area contributed by atoms with Gasteiger partial charge >= 0.3 is 5.97 Å². The molecule has 0 aliphatic carbocycles. The maximum absolute atomic E-state index is 12.1. The average molecular weight is 510 g/mol. The Balaban J connectivity index is 1.54. The quantitative estimate of drug-likeness (QED) is 0.231. The second-order valence-corrected chi connectivity index (χ2v) is 8.63. The zero-order valence-electron chi connectivity index (χ0n) is 21.2. The van der Waals surface area contributed by atoms with Crippen molar-refractivity contribution in [1.82, 2.24) is 24.4 Å². The van der Waals surface area contributed by atoms with Gasteiger partial charge in [-0.25, -0.2) is 19.7 Å². The van der Waals surface area contributed by atoms with Crippen molar-refractivity contribution in [2.24, 2.45) is 0 Å². The second kappa shape index (κ2) is 12.4. The molecule has 12 nitrogen and oxygen atoms in total. The van der Waals surface area contributed by atoms with Crippen LogP contribution in [0.3, 0.4) is 0 Å². The fourth-order valence-corrected chi connectivity index (χ4v) is 3.89. The summed E-state index contributed by atoms with van der Waals surface area (Å²) in [5.74, 6) is 1.25. The highest BCUT2D eigenvalue weighted by Crippen LogP contribution is 2.29. The molecule has 0 spiro atoms. The first-order valence-electron chi connectivity index (χ1n) is 12.2. The summed E-state index contributed by atoms with van der Waals surface area (Å²) in [5.41, 5.74) is 1.70. The maximum Gasteiger partial charge on any atom is 0.350 e. The number of aromatic nitrogens is 4. The summed E-state index contributed by atoms with van der Waals surface area (Å²) in [6.45, 7) is 3.74. The number of nitrogens with one attached hydrogen (secondary N) is 1. The fourth-order valence-electron chi connectivity index (χ4n) is 3.89. The molecule has 4 heterocycles. The lowest BCUT2D eigenvalue weighted by Crippen LogP contribution is -2.40. The highest BCUT2D eigenvalue weighted by Gasteiger charge is 2.23. The lowest BCUT2D eigenvalue weighted by Gasteiger charge is -2.25. The van der Waals surface area contributed by atoms with Crippen molar-refractivity contribution < 1.29 is 23.7 Å². The summed E-state index contributed by atoms with van der Waals surface area (Å²) in [5, 5.41) is 12.6. The summed E-state index contributed by atoms with van der Waals surface area (Å²) >= 11 is 0. The molecule has 3 aromatic rings. The van der Waals surface area contributed by atoms with Gasteiger partial charge in [-0.3, -0.25) is 9.47 Å². The minimum absolute atomic E-state index is 0.167. The van der Waals surface area contributed by atoms with Crippen molar-refractivity contribution in [3.8, 4) is 17.6 Å². The van der Waals surface area contributed by atoms with Crippen LogP contribution in [0.4, 0.5) is 5.82 Å². The number of esters is 1. The number of nitrogens with zero attached hydrogens (tertiary/aromatic N) is 6. The molecule has 196 valence electrons. The van der Waals surface area contributed by atoms with Crippen LogP contribution >= 0.6 is 0 Å². The summed E-state index contributed by atoms with van der Waals surface area (Å²) in [6, 6.07) is 7.52. The Kier molecular flexibility index (Phi) is 8.84. The van der Waals surface area contributed by atoms with E-state index in [2.05, 4.69) is 21.4 Å². The molecule has 3 aromatic heterocycles. The van der Waals surface area contributed by atoms with Gasteiger partial charge in [0.25, 0.3) is 0 Å². The van der Waals surface area contributed by atoms with Crippen LogP contribution in [-0.4, -0.2) is 89.8 Å². The third kappa shape index (κ3) is 6.51. The van der Waals surface area contributed by atoms with Crippen molar-refractivity contribution in [1.29, 1.82) is 5.26 Å². The lowest BCUT2D eigenvalue weighted by atomic mass is 10.1. The van der Waals surface area contributed by atoms with Crippen LogP contribution in [0, 0.1) is 11.3 Å². The van der Waals surface area contributed by atoms with Crippen LogP contribution in [0.1, 0.15) is 25.3 Å². The first-order chi connectivity index (χ1) is 18.0. The molecule has 1 aliphatic rings. The van der Waals surface area contributed by atoms with E-state index in [1.54, 1.807) is 48.9 Å². The Morgan fingerprint density at radius 3 is 2.78 bits per heavy atom. The maximum atomic E-state index is 12.1. The molecule has 1 N–H and O–H groups in total. The molecule has 0 amide bonds. The number of pyridine rings is 2. The predicted octanol–water partition coefficient (Wildman–Crippen LogP) is 2.12. The number of rotatable bonds is 11. The van der Waals surface area contributed by atoms with Gasteiger partial charge < -0.3 is 24.3 Å². The molecule has 0 radical (unpaired) electrons. The Bertz CT molecular complexity index is 1230. The van der Waals surface area contributed by atoms with E-state index in [-0.39, 0.29) is 25.9 Å². The monoisotopic (exact) mass is 509 g/mol. The molecule has 1 fully saturated rings. The molecule has 37 heavy (non-hydrogen) atoms. The Labute approximate surface area is 215 Å². The normalized spacial score (nSPS) is 14.9. The number of carbonyl (C=O) groups is 1. The van der Waals surface area contributed by atoms with E-state index in [9.17, 15) is 4.79 Å². The highest BCUT2D eigenvalue weighted by atomic mass is 16.6. The molecule has 12 heteroatoms. The number of fused-ring (bicyclic) bond motifs is 1. The second-order valence-electron chi connectivity index (χ2n) is 8.63. The van der Waals surface area contributed by atoms with Crippen LogP contribution in [-0.2, 0) is 19.0 Å². The van der Waals surface area contributed by atoms with Gasteiger partial charge in [-0.15, -0.1) is 0 Å². The van der Waals surface area contributed by atoms with Crippen molar-refractivity contribution in [3.63, 3.8) is 0 Å². The first kappa shape index (κ1) is 26.3. The van der Waals surface area contributed by atoms with Crippen LogP contribution in [0.25, 0.3) is 17.0 Å².